The minimum absolute atomic E-state index is 0.0202. The predicted octanol–water partition coefficient (Wildman–Crippen LogP) is 1.76. The molecule has 9 nitrogen and oxygen atoms in total. The minimum Gasteiger partial charge on any atom is -0.480 e. The number of carboxylic acids is 1. The summed E-state index contributed by atoms with van der Waals surface area (Å²) in [5.41, 5.74) is 11.8. The Morgan fingerprint density at radius 2 is 1.87 bits per heavy atom. The van der Waals surface area contributed by atoms with Gasteiger partial charge >= 0.3 is 5.97 Å². The number of hydrogen-bond donors (Lipinski definition) is 5. The number of carbonyl (C=O) groups excluding carboxylic acids is 1. The van der Waals surface area contributed by atoms with E-state index in [4.69, 9.17) is 21.3 Å². The lowest BCUT2D eigenvalue weighted by Gasteiger charge is -2.34. The molecule has 7 N–H and O–H groups in total. The highest BCUT2D eigenvalue weighted by Crippen LogP contribution is 2.35. The lowest BCUT2D eigenvalue weighted by molar-refractivity contribution is -0.139. The van der Waals surface area contributed by atoms with Crippen molar-refractivity contribution in [2.24, 2.45) is 16.5 Å². The van der Waals surface area contributed by atoms with Crippen LogP contribution in [0.2, 0.25) is 0 Å². The molecule has 30 heavy (non-hydrogen) atoms. The molecule has 1 amide bonds. The maximum absolute atomic E-state index is 12.5. The van der Waals surface area contributed by atoms with E-state index < -0.39 is 17.6 Å². The van der Waals surface area contributed by atoms with Gasteiger partial charge in [0.25, 0.3) is 0 Å². The number of aliphatic carboxylic acids is 1. The second-order valence-electron chi connectivity index (χ2n) is 7.81. The van der Waals surface area contributed by atoms with Gasteiger partial charge in [0.1, 0.15) is 17.6 Å². The predicted molar refractivity (Wildman–Crippen MR) is 115 cm³/mol. The molecule has 1 aromatic carbocycles. The number of aliphatic imine (C=N–C) groups is 1. The molecule has 0 bridgehead atoms. The molecule has 9 heteroatoms. The number of amides is 1. The first-order valence-corrected chi connectivity index (χ1v) is 9.93. The average Bonchev–Trinajstić information content (AvgIpc) is 2.60. The summed E-state index contributed by atoms with van der Waals surface area (Å²) in [5, 5.41) is 14.8. The van der Waals surface area contributed by atoms with E-state index >= 15 is 0 Å². The van der Waals surface area contributed by atoms with Gasteiger partial charge in [0.15, 0.2) is 5.96 Å². The zero-order valence-corrected chi connectivity index (χ0v) is 17.7. The third-order valence-electron chi connectivity index (χ3n) is 4.92. The van der Waals surface area contributed by atoms with Gasteiger partial charge in [-0.25, -0.2) is 4.99 Å². The standard InChI is InChI=1S/C21H31N5O4/c1-21(2,26-17(27)12-11-16(24-3)19(28)29)18(13-5-4-6-13)30-15-9-7-14(8-10-15)25-20(22)23/h7-10,16,24H,4-6,11-12H2,1-3H3,(H,26,27)(H,28,29)(H4,22,23,25). The molecule has 1 fully saturated rings. The number of nitrogens with one attached hydrogen (secondary N) is 2. The fourth-order valence-corrected chi connectivity index (χ4v) is 3.21. The Balaban J connectivity index is 2.09. The number of likely N-dealkylation sites (N-methyl/N-ethyl adjacent to an activating group) is 1. The number of carbonyl (C=O) groups is 2. The molecule has 0 heterocycles. The Hall–Kier alpha value is -3.07. The van der Waals surface area contributed by atoms with Crippen LogP contribution in [0.15, 0.2) is 40.6 Å². The summed E-state index contributed by atoms with van der Waals surface area (Å²) in [6.45, 7) is 3.76. The molecule has 1 unspecified atom stereocenters. The normalized spacial score (nSPS) is 14.3. The SMILES string of the molecule is CNC(CCC(=O)NC(C)(C)C(Oc1ccc(N=C(N)N)cc1)=C1CCC1)C(=O)O. The average molecular weight is 418 g/mol. The summed E-state index contributed by atoms with van der Waals surface area (Å²) >= 11 is 0. The van der Waals surface area contributed by atoms with Crippen molar-refractivity contribution in [1.82, 2.24) is 10.6 Å². The van der Waals surface area contributed by atoms with Crippen LogP contribution in [0.3, 0.4) is 0 Å². The zero-order chi connectivity index (χ0) is 22.3. The van der Waals surface area contributed by atoms with E-state index in [0.29, 0.717) is 17.2 Å². The first-order chi connectivity index (χ1) is 14.1. The van der Waals surface area contributed by atoms with E-state index in [1.165, 1.54) is 0 Å². The molecule has 1 saturated carbocycles. The molecule has 0 radical (unpaired) electrons. The number of nitrogens with zero attached hydrogens (tertiary/aromatic N) is 1. The molecule has 0 spiro atoms. The fraction of sp³-hybridized carbons (Fsp3) is 0.476. The molecule has 0 aliphatic heterocycles. The number of ether oxygens (including phenoxy) is 1. The van der Waals surface area contributed by atoms with E-state index in [1.807, 2.05) is 13.8 Å². The maximum atomic E-state index is 12.5. The van der Waals surface area contributed by atoms with Crippen LogP contribution in [0.5, 0.6) is 5.75 Å². The maximum Gasteiger partial charge on any atom is 0.320 e. The van der Waals surface area contributed by atoms with Crippen LogP contribution < -0.4 is 26.8 Å². The van der Waals surface area contributed by atoms with Gasteiger partial charge in [0.2, 0.25) is 5.91 Å². The molecular weight excluding hydrogens is 386 g/mol. The zero-order valence-electron chi connectivity index (χ0n) is 17.7. The Morgan fingerprint density at radius 3 is 2.33 bits per heavy atom. The van der Waals surface area contributed by atoms with Gasteiger partial charge in [-0.3, -0.25) is 9.59 Å². The van der Waals surface area contributed by atoms with Crippen LogP contribution in [0.1, 0.15) is 46.0 Å². The van der Waals surface area contributed by atoms with E-state index in [1.54, 1.807) is 31.3 Å². The number of allylic oxidation sites excluding steroid dienone is 1. The van der Waals surface area contributed by atoms with Crippen molar-refractivity contribution in [3.63, 3.8) is 0 Å². The second kappa shape index (κ2) is 10.1. The number of carboxylic acid groups (broad SMARTS) is 1. The van der Waals surface area contributed by atoms with Crippen LogP contribution in [0, 0.1) is 0 Å². The Bertz CT molecular complexity index is 820. The number of benzene rings is 1. The first-order valence-electron chi connectivity index (χ1n) is 9.93. The lowest BCUT2D eigenvalue weighted by atomic mass is 9.85. The van der Waals surface area contributed by atoms with Crippen LogP contribution >= 0.6 is 0 Å². The Morgan fingerprint density at radius 1 is 1.23 bits per heavy atom. The summed E-state index contributed by atoms with van der Waals surface area (Å²) in [6, 6.07) is 6.26. The molecular formula is C21H31N5O4. The summed E-state index contributed by atoms with van der Waals surface area (Å²) in [5.74, 6) is 0.0932. The molecule has 1 aromatic rings. The minimum atomic E-state index is -0.977. The number of nitrogens with two attached hydrogens (primary N) is 2. The quantitative estimate of drug-likeness (QED) is 0.221. The molecule has 1 aliphatic carbocycles. The van der Waals surface area contributed by atoms with Gasteiger partial charge in [0.05, 0.1) is 11.2 Å². The molecule has 164 valence electrons. The lowest BCUT2D eigenvalue weighted by Crippen LogP contribution is -2.48. The van der Waals surface area contributed by atoms with Crippen molar-refractivity contribution < 1.29 is 19.4 Å². The molecule has 0 saturated heterocycles. The van der Waals surface area contributed by atoms with Crippen molar-refractivity contribution in [3.05, 3.63) is 35.6 Å². The van der Waals surface area contributed by atoms with Crippen LogP contribution in [0.25, 0.3) is 0 Å². The summed E-state index contributed by atoms with van der Waals surface area (Å²) in [4.78, 5) is 27.6. The van der Waals surface area contributed by atoms with Crippen LogP contribution in [-0.4, -0.2) is 41.6 Å². The van der Waals surface area contributed by atoms with Crippen LogP contribution in [-0.2, 0) is 9.59 Å². The number of rotatable bonds is 10. The molecule has 1 aliphatic rings. The van der Waals surface area contributed by atoms with Gasteiger partial charge in [-0.05, 0) is 76.4 Å². The molecule has 0 aromatic heterocycles. The second-order valence-corrected chi connectivity index (χ2v) is 7.81. The van der Waals surface area contributed by atoms with Gasteiger partial charge in [-0.2, -0.15) is 0 Å². The monoisotopic (exact) mass is 417 g/mol. The smallest absolute Gasteiger partial charge is 0.320 e. The van der Waals surface area contributed by atoms with Crippen molar-refractivity contribution >= 4 is 23.5 Å². The Kier molecular flexibility index (Phi) is 7.82. The first kappa shape index (κ1) is 23.2. The van der Waals surface area contributed by atoms with Crippen molar-refractivity contribution in [1.29, 1.82) is 0 Å². The van der Waals surface area contributed by atoms with E-state index in [-0.39, 0.29) is 24.7 Å². The summed E-state index contributed by atoms with van der Waals surface area (Å²) in [7, 11) is 1.56. The highest BCUT2D eigenvalue weighted by molar-refractivity contribution is 5.79. The Labute approximate surface area is 176 Å². The van der Waals surface area contributed by atoms with E-state index in [2.05, 4.69) is 15.6 Å². The number of guanidine groups is 1. The highest BCUT2D eigenvalue weighted by Gasteiger charge is 2.32. The van der Waals surface area contributed by atoms with Crippen molar-refractivity contribution in [2.75, 3.05) is 7.05 Å². The van der Waals surface area contributed by atoms with Crippen molar-refractivity contribution in [2.45, 2.75) is 57.5 Å². The summed E-state index contributed by atoms with van der Waals surface area (Å²) < 4.78 is 6.18. The van der Waals surface area contributed by atoms with Crippen LogP contribution in [0.4, 0.5) is 5.69 Å². The van der Waals surface area contributed by atoms with Crippen molar-refractivity contribution in [3.8, 4) is 5.75 Å². The topological polar surface area (TPSA) is 152 Å². The fourth-order valence-electron chi connectivity index (χ4n) is 3.21. The van der Waals surface area contributed by atoms with Gasteiger partial charge < -0.3 is 31.9 Å². The number of hydrogen-bond acceptors (Lipinski definition) is 5. The molecule has 1 atom stereocenters. The third-order valence-corrected chi connectivity index (χ3v) is 4.92. The van der Waals surface area contributed by atoms with E-state index in [0.717, 1.165) is 24.8 Å². The highest BCUT2D eigenvalue weighted by atomic mass is 16.5. The van der Waals surface area contributed by atoms with Gasteiger partial charge in [-0.15, -0.1) is 0 Å². The van der Waals surface area contributed by atoms with E-state index in [9.17, 15) is 9.59 Å². The largest absolute Gasteiger partial charge is 0.480 e. The summed E-state index contributed by atoms with van der Waals surface area (Å²) in [6.07, 6.45) is 3.21. The van der Waals surface area contributed by atoms with Gasteiger partial charge in [-0.1, -0.05) is 0 Å². The third kappa shape index (κ3) is 6.48. The molecule has 2 rings (SSSR count). The van der Waals surface area contributed by atoms with Gasteiger partial charge in [0, 0.05) is 6.42 Å².